The van der Waals surface area contributed by atoms with Crippen LogP contribution in [0.25, 0.3) is 0 Å². The van der Waals surface area contributed by atoms with Crippen molar-refractivity contribution in [2.45, 2.75) is 26.8 Å². The number of rotatable bonds is 2. The molecule has 0 aliphatic heterocycles. The summed E-state index contributed by atoms with van der Waals surface area (Å²) in [5, 5.41) is 3.15. The predicted octanol–water partition coefficient (Wildman–Crippen LogP) is 2.05. The molecule has 1 rings (SSSR count). The third-order valence-corrected chi connectivity index (χ3v) is 2.42. The molecule has 0 saturated heterocycles. The summed E-state index contributed by atoms with van der Waals surface area (Å²) in [6, 6.07) is 2.63. The van der Waals surface area contributed by atoms with Gasteiger partial charge in [-0.15, -0.1) is 0 Å². The van der Waals surface area contributed by atoms with Crippen molar-refractivity contribution in [3.05, 3.63) is 23.4 Å². The van der Waals surface area contributed by atoms with E-state index in [4.69, 9.17) is 17.3 Å². The maximum absolute atomic E-state index is 11.8. The van der Waals surface area contributed by atoms with E-state index in [0.29, 0.717) is 10.8 Å². The standard InChI is InChI=1S/C11H16ClN3O/c1-11(2,3)9(13)10(16)15-8-6-7(12)4-5-14-8/h4-6,9H,13H2,1-3H3,(H,14,15,16). The number of hydrogen-bond donors (Lipinski definition) is 2. The first-order valence-electron chi connectivity index (χ1n) is 4.98. The number of anilines is 1. The van der Waals surface area contributed by atoms with Crippen LogP contribution in [0.15, 0.2) is 18.3 Å². The van der Waals surface area contributed by atoms with E-state index in [1.807, 2.05) is 20.8 Å². The van der Waals surface area contributed by atoms with Gasteiger partial charge in [-0.2, -0.15) is 0 Å². The van der Waals surface area contributed by atoms with Crippen molar-refractivity contribution in [1.29, 1.82) is 0 Å². The zero-order valence-electron chi connectivity index (χ0n) is 9.62. The second kappa shape index (κ2) is 4.80. The van der Waals surface area contributed by atoms with Gasteiger partial charge in [0.1, 0.15) is 5.82 Å². The van der Waals surface area contributed by atoms with Crippen LogP contribution in [-0.2, 0) is 4.79 Å². The molecule has 1 amide bonds. The number of carbonyl (C=O) groups is 1. The molecule has 0 bridgehead atoms. The van der Waals surface area contributed by atoms with E-state index in [-0.39, 0.29) is 11.3 Å². The lowest BCUT2D eigenvalue weighted by Crippen LogP contribution is -2.45. The van der Waals surface area contributed by atoms with E-state index in [1.54, 1.807) is 12.1 Å². The molecule has 3 N–H and O–H groups in total. The summed E-state index contributed by atoms with van der Waals surface area (Å²) in [5.41, 5.74) is 5.52. The maximum atomic E-state index is 11.8. The molecule has 4 nitrogen and oxygen atoms in total. The number of nitrogens with two attached hydrogens (primary N) is 1. The van der Waals surface area contributed by atoms with Gasteiger partial charge in [0.25, 0.3) is 0 Å². The van der Waals surface area contributed by atoms with Gasteiger partial charge in [-0.1, -0.05) is 32.4 Å². The summed E-state index contributed by atoms with van der Waals surface area (Å²) in [7, 11) is 0. The van der Waals surface area contributed by atoms with Crippen molar-refractivity contribution < 1.29 is 4.79 Å². The lowest BCUT2D eigenvalue weighted by Gasteiger charge is -2.25. The lowest BCUT2D eigenvalue weighted by molar-refractivity contribution is -0.119. The summed E-state index contributed by atoms with van der Waals surface area (Å²) >= 11 is 5.78. The van der Waals surface area contributed by atoms with Gasteiger partial charge in [0, 0.05) is 11.2 Å². The highest BCUT2D eigenvalue weighted by Gasteiger charge is 2.27. The molecule has 0 fully saturated rings. The molecule has 1 aromatic rings. The number of halogens is 1. The van der Waals surface area contributed by atoms with Crippen molar-refractivity contribution in [2.24, 2.45) is 11.1 Å². The van der Waals surface area contributed by atoms with Crippen LogP contribution in [0.4, 0.5) is 5.82 Å². The maximum Gasteiger partial charge on any atom is 0.242 e. The number of amides is 1. The molecule has 5 heteroatoms. The second-order valence-electron chi connectivity index (χ2n) is 4.69. The van der Waals surface area contributed by atoms with E-state index in [0.717, 1.165) is 0 Å². The minimum absolute atomic E-state index is 0.262. The molecule has 1 atom stereocenters. The van der Waals surface area contributed by atoms with Crippen molar-refractivity contribution >= 4 is 23.3 Å². The fraction of sp³-hybridized carbons (Fsp3) is 0.455. The Hall–Kier alpha value is -1.13. The van der Waals surface area contributed by atoms with Gasteiger partial charge in [-0.05, 0) is 17.5 Å². The smallest absolute Gasteiger partial charge is 0.242 e. The highest BCUT2D eigenvalue weighted by molar-refractivity contribution is 6.30. The molecular formula is C11H16ClN3O. The number of nitrogens with zero attached hydrogens (tertiary/aromatic N) is 1. The number of hydrogen-bond acceptors (Lipinski definition) is 3. The monoisotopic (exact) mass is 241 g/mol. The first-order valence-corrected chi connectivity index (χ1v) is 5.36. The van der Waals surface area contributed by atoms with Crippen LogP contribution in [0.5, 0.6) is 0 Å². The number of aromatic nitrogens is 1. The molecule has 1 unspecified atom stereocenters. The molecule has 0 aromatic carbocycles. The zero-order valence-corrected chi connectivity index (χ0v) is 10.4. The molecule has 88 valence electrons. The Labute approximate surface area is 100 Å². The number of carbonyl (C=O) groups excluding carboxylic acids is 1. The van der Waals surface area contributed by atoms with Crippen molar-refractivity contribution in [1.82, 2.24) is 4.98 Å². The first kappa shape index (κ1) is 12.9. The molecule has 1 aromatic heterocycles. The van der Waals surface area contributed by atoms with E-state index in [2.05, 4.69) is 10.3 Å². The lowest BCUT2D eigenvalue weighted by atomic mass is 9.87. The molecule has 0 spiro atoms. The fourth-order valence-corrected chi connectivity index (χ4v) is 1.23. The Morgan fingerprint density at radius 3 is 2.69 bits per heavy atom. The van der Waals surface area contributed by atoms with Gasteiger partial charge in [0.15, 0.2) is 0 Å². The van der Waals surface area contributed by atoms with Crippen LogP contribution in [-0.4, -0.2) is 16.9 Å². The van der Waals surface area contributed by atoms with Crippen LogP contribution in [0.1, 0.15) is 20.8 Å². The topological polar surface area (TPSA) is 68.0 Å². The Balaban J connectivity index is 2.72. The average molecular weight is 242 g/mol. The third kappa shape index (κ3) is 3.47. The van der Waals surface area contributed by atoms with Gasteiger partial charge in [-0.3, -0.25) is 4.79 Å². The van der Waals surface area contributed by atoms with Gasteiger partial charge in [-0.25, -0.2) is 4.98 Å². The number of nitrogens with one attached hydrogen (secondary N) is 1. The molecule has 1 heterocycles. The van der Waals surface area contributed by atoms with Crippen LogP contribution < -0.4 is 11.1 Å². The van der Waals surface area contributed by atoms with Gasteiger partial charge in [0.2, 0.25) is 5.91 Å². The molecule has 0 radical (unpaired) electrons. The van der Waals surface area contributed by atoms with Crippen molar-refractivity contribution in [3.8, 4) is 0 Å². The zero-order chi connectivity index (χ0) is 12.3. The Kier molecular flexibility index (Phi) is 3.88. The molecular weight excluding hydrogens is 226 g/mol. The summed E-state index contributed by atoms with van der Waals surface area (Å²) < 4.78 is 0. The van der Waals surface area contributed by atoms with Crippen molar-refractivity contribution in [3.63, 3.8) is 0 Å². The summed E-state index contributed by atoms with van der Waals surface area (Å²) in [6.45, 7) is 5.72. The molecule has 0 aliphatic rings. The normalized spacial score (nSPS) is 13.3. The molecule has 0 saturated carbocycles. The predicted molar refractivity (Wildman–Crippen MR) is 65.3 cm³/mol. The largest absolute Gasteiger partial charge is 0.319 e. The van der Waals surface area contributed by atoms with Gasteiger partial charge >= 0.3 is 0 Å². The summed E-state index contributed by atoms with van der Waals surface area (Å²) in [6.07, 6.45) is 1.53. The minimum Gasteiger partial charge on any atom is -0.319 e. The van der Waals surface area contributed by atoms with Crippen molar-refractivity contribution in [2.75, 3.05) is 5.32 Å². The molecule has 0 aliphatic carbocycles. The summed E-state index contributed by atoms with van der Waals surface area (Å²) in [4.78, 5) is 15.7. The van der Waals surface area contributed by atoms with Crippen LogP contribution in [0, 0.1) is 5.41 Å². The summed E-state index contributed by atoms with van der Waals surface area (Å²) in [5.74, 6) is 0.152. The Bertz CT molecular complexity index is 387. The van der Waals surface area contributed by atoms with Gasteiger partial charge in [0.05, 0.1) is 6.04 Å². The van der Waals surface area contributed by atoms with Crippen LogP contribution in [0.2, 0.25) is 5.02 Å². The minimum atomic E-state index is -0.590. The second-order valence-corrected chi connectivity index (χ2v) is 5.13. The Morgan fingerprint density at radius 1 is 1.56 bits per heavy atom. The highest BCUT2D eigenvalue weighted by atomic mass is 35.5. The number of pyridine rings is 1. The highest BCUT2D eigenvalue weighted by Crippen LogP contribution is 2.19. The Morgan fingerprint density at radius 2 is 2.19 bits per heavy atom. The van der Waals surface area contributed by atoms with E-state index in [1.165, 1.54) is 6.20 Å². The van der Waals surface area contributed by atoms with E-state index < -0.39 is 6.04 Å². The van der Waals surface area contributed by atoms with E-state index >= 15 is 0 Å². The average Bonchev–Trinajstić information content (AvgIpc) is 2.15. The van der Waals surface area contributed by atoms with Crippen LogP contribution in [0.3, 0.4) is 0 Å². The van der Waals surface area contributed by atoms with E-state index in [9.17, 15) is 4.79 Å². The quantitative estimate of drug-likeness (QED) is 0.833. The van der Waals surface area contributed by atoms with Gasteiger partial charge < -0.3 is 11.1 Å². The fourth-order valence-electron chi connectivity index (χ4n) is 1.07. The third-order valence-electron chi connectivity index (χ3n) is 2.19. The van der Waals surface area contributed by atoms with Crippen LogP contribution >= 0.6 is 11.6 Å². The first-order chi connectivity index (χ1) is 7.30. The SMILES string of the molecule is CC(C)(C)C(N)C(=O)Nc1cc(Cl)ccn1. The molecule has 16 heavy (non-hydrogen) atoms.